The minimum atomic E-state index is -0.325. The van der Waals surface area contributed by atoms with Crippen molar-refractivity contribution in [2.24, 2.45) is 0 Å². The standard InChI is InChI=1S/C18H37O4.Sb.2H/c1-2-3-8-13-18(21-16-11-6-4-9-14-19)22-17-12-7-5-10-15-20;;;/h19-20H,2-17H2,1H3;;;. The molecule has 0 heterocycles. The van der Waals surface area contributed by atoms with Gasteiger partial charge in [0.15, 0.2) is 0 Å². The fraction of sp³-hybridized carbons (Fsp3) is 1.00. The molecule has 23 heavy (non-hydrogen) atoms. The summed E-state index contributed by atoms with van der Waals surface area (Å²) < 4.78 is 11.9. The summed E-state index contributed by atoms with van der Waals surface area (Å²) in [5.41, 5.74) is 0. The van der Waals surface area contributed by atoms with E-state index in [1.54, 1.807) is 0 Å². The second-order valence-electron chi connectivity index (χ2n) is 6.24. The van der Waals surface area contributed by atoms with Gasteiger partial charge in [0.1, 0.15) is 0 Å². The molecule has 5 heteroatoms. The van der Waals surface area contributed by atoms with Crippen molar-refractivity contribution >= 4 is 23.0 Å². The van der Waals surface area contributed by atoms with E-state index in [9.17, 15) is 0 Å². The first-order valence-electron chi connectivity index (χ1n) is 9.47. The molecule has 0 rings (SSSR count). The molecule has 0 saturated carbocycles. The Morgan fingerprint density at radius 2 is 1.17 bits per heavy atom. The van der Waals surface area contributed by atoms with Crippen LogP contribution in [0.2, 0.25) is 0 Å². The molecule has 0 aromatic rings. The van der Waals surface area contributed by atoms with Crippen LogP contribution in [0.3, 0.4) is 0 Å². The van der Waals surface area contributed by atoms with E-state index in [0.29, 0.717) is 13.2 Å². The van der Waals surface area contributed by atoms with E-state index in [4.69, 9.17) is 19.7 Å². The van der Waals surface area contributed by atoms with Crippen molar-refractivity contribution in [2.75, 3.05) is 26.4 Å². The second-order valence-corrected chi connectivity index (χ2v) is 8.75. The molecule has 0 unspecified atom stereocenters. The predicted molar refractivity (Wildman–Crippen MR) is 98.4 cm³/mol. The first-order chi connectivity index (χ1) is 11.2. The molecule has 4 nitrogen and oxygen atoms in total. The van der Waals surface area contributed by atoms with Crippen molar-refractivity contribution in [1.82, 2.24) is 0 Å². The van der Waals surface area contributed by atoms with Crippen LogP contribution in [0.15, 0.2) is 0 Å². The first-order valence-corrected chi connectivity index (χ1v) is 11.1. The van der Waals surface area contributed by atoms with Gasteiger partial charge in [-0.1, -0.05) is 0 Å². The summed E-state index contributed by atoms with van der Waals surface area (Å²) in [6, 6.07) is 0. The van der Waals surface area contributed by atoms with E-state index in [1.165, 1.54) is 19.3 Å². The fourth-order valence-electron chi connectivity index (χ4n) is 2.43. The van der Waals surface area contributed by atoms with Gasteiger partial charge in [0.25, 0.3) is 0 Å². The molecule has 0 aromatic heterocycles. The SMILES string of the molecule is CCCCC[C]([SbH2])(OCCCCCCO)OCCCCCCO. The number of hydrogen-bond acceptors (Lipinski definition) is 4. The molecule has 2 N–H and O–H groups in total. The zero-order chi connectivity index (χ0) is 17.2. The van der Waals surface area contributed by atoms with Crippen molar-refractivity contribution < 1.29 is 19.7 Å². The minimum absolute atomic E-state index is 0.293. The van der Waals surface area contributed by atoms with Crippen LogP contribution in [0.1, 0.15) is 84.0 Å². The van der Waals surface area contributed by atoms with Crippen LogP contribution in [0.4, 0.5) is 0 Å². The average Bonchev–Trinajstić information content (AvgIpc) is 2.54. The van der Waals surface area contributed by atoms with Gasteiger partial charge >= 0.3 is 157 Å². The summed E-state index contributed by atoms with van der Waals surface area (Å²) in [5, 5.41) is 17.6. The molecule has 0 spiro atoms. The Morgan fingerprint density at radius 3 is 1.61 bits per heavy atom. The van der Waals surface area contributed by atoms with Gasteiger partial charge in [0.2, 0.25) is 0 Å². The number of ether oxygens (including phenoxy) is 2. The van der Waals surface area contributed by atoms with E-state index in [2.05, 4.69) is 6.92 Å². The van der Waals surface area contributed by atoms with Gasteiger partial charge in [-0.3, -0.25) is 0 Å². The van der Waals surface area contributed by atoms with Gasteiger partial charge in [0, 0.05) is 0 Å². The monoisotopic (exact) mass is 440 g/mol. The van der Waals surface area contributed by atoms with Crippen LogP contribution in [0.25, 0.3) is 0 Å². The van der Waals surface area contributed by atoms with E-state index < -0.39 is 0 Å². The van der Waals surface area contributed by atoms with Crippen LogP contribution in [0, 0.1) is 0 Å². The average molecular weight is 441 g/mol. The quantitative estimate of drug-likeness (QED) is 0.195. The van der Waals surface area contributed by atoms with Crippen LogP contribution in [0.5, 0.6) is 0 Å². The summed E-state index contributed by atoms with van der Waals surface area (Å²) in [7, 11) is 0. The Morgan fingerprint density at radius 1 is 0.696 bits per heavy atom. The molecule has 0 amide bonds. The Kier molecular flexibility index (Phi) is 18.0. The summed E-state index contributed by atoms with van der Waals surface area (Å²) in [5.74, 6) is 0. The fourth-order valence-corrected chi connectivity index (χ4v) is 3.69. The Balaban J connectivity index is 3.93. The van der Waals surface area contributed by atoms with Gasteiger partial charge < -0.3 is 0 Å². The maximum atomic E-state index is 8.79. The topological polar surface area (TPSA) is 58.9 Å². The molecular formula is C18H39O4Sb. The molecule has 0 aliphatic carbocycles. The van der Waals surface area contributed by atoms with Crippen molar-refractivity contribution in [1.29, 1.82) is 0 Å². The second kappa shape index (κ2) is 17.5. The third-order valence-electron chi connectivity index (χ3n) is 3.93. The van der Waals surface area contributed by atoms with Gasteiger partial charge in [-0.25, -0.2) is 0 Å². The van der Waals surface area contributed by atoms with Crippen molar-refractivity contribution in [3.8, 4) is 0 Å². The first kappa shape index (κ1) is 23.7. The van der Waals surface area contributed by atoms with Gasteiger partial charge in [-0.2, -0.15) is 0 Å². The van der Waals surface area contributed by atoms with Crippen LogP contribution >= 0.6 is 0 Å². The number of hydrogen-bond donors (Lipinski definition) is 2. The van der Waals surface area contributed by atoms with Gasteiger partial charge in [-0.15, -0.1) is 0 Å². The Hall–Kier alpha value is 0.658. The number of aliphatic hydroxyl groups is 2. The summed E-state index contributed by atoms with van der Waals surface area (Å²) in [6.45, 7) is 4.34. The molecule has 0 radical (unpaired) electrons. The zero-order valence-corrected chi connectivity index (χ0v) is 18.4. The van der Waals surface area contributed by atoms with Crippen LogP contribution in [-0.2, 0) is 9.47 Å². The molecule has 0 saturated heterocycles. The van der Waals surface area contributed by atoms with Crippen molar-refractivity contribution in [3.05, 3.63) is 0 Å². The third kappa shape index (κ3) is 15.9. The van der Waals surface area contributed by atoms with Crippen LogP contribution < -0.4 is 0 Å². The number of aliphatic hydroxyl groups excluding tert-OH is 2. The molecule has 0 aliphatic heterocycles. The maximum absolute atomic E-state index is 8.79. The molecule has 0 bridgehead atoms. The zero-order valence-electron chi connectivity index (χ0n) is 15.1. The van der Waals surface area contributed by atoms with Crippen molar-refractivity contribution in [3.63, 3.8) is 0 Å². The molecule has 0 fully saturated rings. The summed E-state index contributed by atoms with van der Waals surface area (Å²) in [6.07, 6.45) is 12.9. The molecule has 140 valence electrons. The number of rotatable bonds is 18. The number of unbranched alkanes of at least 4 members (excludes halogenated alkanes) is 8. The predicted octanol–water partition coefficient (Wildman–Crippen LogP) is 2.99. The van der Waals surface area contributed by atoms with Gasteiger partial charge in [0.05, 0.1) is 0 Å². The Bertz CT molecular complexity index is 223. The van der Waals surface area contributed by atoms with E-state index >= 15 is 0 Å². The van der Waals surface area contributed by atoms with Crippen LogP contribution in [-0.4, -0.2) is 63.4 Å². The third-order valence-corrected chi connectivity index (χ3v) is 5.70. The molecular weight excluding hydrogens is 402 g/mol. The molecule has 0 atom stereocenters. The Labute approximate surface area is 156 Å². The normalized spacial score (nSPS) is 12.0. The van der Waals surface area contributed by atoms with Gasteiger partial charge in [-0.05, 0) is 0 Å². The summed E-state index contributed by atoms with van der Waals surface area (Å²) in [4.78, 5) is 0. The van der Waals surface area contributed by atoms with E-state index in [-0.39, 0.29) is 3.73 Å². The van der Waals surface area contributed by atoms with E-state index in [0.717, 1.165) is 94.0 Å². The molecule has 0 aromatic carbocycles. The molecule has 0 aliphatic rings. The summed E-state index contributed by atoms with van der Waals surface area (Å²) >= 11 is 0.976. The van der Waals surface area contributed by atoms with E-state index in [1.807, 2.05) is 0 Å². The van der Waals surface area contributed by atoms with Crippen molar-refractivity contribution in [2.45, 2.75) is 87.7 Å².